The zero-order valence-electron chi connectivity index (χ0n) is 10.9. The number of rotatable bonds is 6. The van der Waals surface area contributed by atoms with Gasteiger partial charge in [-0.05, 0) is 18.2 Å². The summed E-state index contributed by atoms with van der Waals surface area (Å²) in [5, 5.41) is 0.526. The Hall–Kier alpha value is -1.82. The van der Waals surface area contributed by atoms with Gasteiger partial charge in [0.1, 0.15) is 11.6 Å². The Bertz CT molecular complexity index is 550. The molecule has 0 radical (unpaired) electrons. The fourth-order valence-corrected chi connectivity index (χ4v) is 2.05. The summed E-state index contributed by atoms with van der Waals surface area (Å²) in [6, 6.07) is 11.2. The van der Waals surface area contributed by atoms with Crippen LogP contribution in [-0.2, 0) is 0 Å². The summed E-state index contributed by atoms with van der Waals surface area (Å²) in [6.45, 7) is 0.505. The highest BCUT2D eigenvalue weighted by Gasteiger charge is 2.14. The highest BCUT2D eigenvalue weighted by Crippen LogP contribution is 2.24. The van der Waals surface area contributed by atoms with E-state index in [1.807, 2.05) is 30.3 Å². The fourth-order valence-electron chi connectivity index (χ4n) is 1.88. The standard InChI is InChI=1S/C14H17ClN4O/c15-10-8-12(14(16)18-9-10)13(19-17)6-7-20-11-4-2-1-3-5-11/h1-5,8-9,13,19H,6-7,17H2,(H2,16,18). The number of nitrogens with one attached hydrogen (secondary N) is 1. The molecule has 0 spiro atoms. The maximum Gasteiger partial charge on any atom is 0.128 e. The van der Waals surface area contributed by atoms with Crippen molar-refractivity contribution in [2.24, 2.45) is 5.84 Å². The number of hydrogen-bond donors (Lipinski definition) is 3. The molecule has 0 saturated heterocycles. The topological polar surface area (TPSA) is 86.2 Å². The number of pyridine rings is 1. The van der Waals surface area contributed by atoms with Crippen LogP contribution in [-0.4, -0.2) is 11.6 Å². The third-order valence-electron chi connectivity index (χ3n) is 2.91. The summed E-state index contributed by atoms with van der Waals surface area (Å²) in [5.41, 5.74) is 9.33. The van der Waals surface area contributed by atoms with Crippen LogP contribution in [0, 0.1) is 0 Å². The Morgan fingerprint density at radius 3 is 2.75 bits per heavy atom. The van der Waals surface area contributed by atoms with Crippen molar-refractivity contribution in [1.82, 2.24) is 10.4 Å². The SMILES string of the molecule is NNC(CCOc1ccccc1)c1cc(Cl)cnc1N. The van der Waals surface area contributed by atoms with Gasteiger partial charge >= 0.3 is 0 Å². The molecule has 0 bridgehead atoms. The third-order valence-corrected chi connectivity index (χ3v) is 3.12. The van der Waals surface area contributed by atoms with Gasteiger partial charge in [0.2, 0.25) is 0 Å². The molecule has 5 N–H and O–H groups in total. The predicted molar refractivity (Wildman–Crippen MR) is 80.3 cm³/mol. The maximum atomic E-state index is 5.93. The van der Waals surface area contributed by atoms with Crippen LogP contribution in [0.2, 0.25) is 5.02 Å². The number of nitrogens with zero attached hydrogens (tertiary/aromatic N) is 1. The van der Waals surface area contributed by atoms with Gasteiger partial charge in [-0.1, -0.05) is 29.8 Å². The Labute approximate surface area is 122 Å². The van der Waals surface area contributed by atoms with Gasteiger partial charge in [-0.15, -0.1) is 0 Å². The van der Waals surface area contributed by atoms with Crippen LogP contribution in [0.15, 0.2) is 42.6 Å². The largest absolute Gasteiger partial charge is 0.494 e. The molecule has 0 amide bonds. The lowest BCUT2D eigenvalue weighted by molar-refractivity contribution is 0.287. The molecule has 0 aliphatic rings. The van der Waals surface area contributed by atoms with Crippen molar-refractivity contribution in [3.05, 3.63) is 53.2 Å². The number of ether oxygens (including phenoxy) is 1. The Morgan fingerprint density at radius 2 is 2.05 bits per heavy atom. The van der Waals surface area contributed by atoms with Crippen LogP contribution in [0.3, 0.4) is 0 Å². The second kappa shape index (κ2) is 7.09. The van der Waals surface area contributed by atoms with Crippen molar-refractivity contribution >= 4 is 17.4 Å². The van der Waals surface area contributed by atoms with Crippen molar-refractivity contribution in [2.75, 3.05) is 12.3 Å². The van der Waals surface area contributed by atoms with E-state index in [1.165, 1.54) is 6.20 Å². The molecule has 106 valence electrons. The molecule has 1 atom stereocenters. The molecule has 20 heavy (non-hydrogen) atoms. The van der Waals surface area contributed by atoms with Crippen molar-refractivity contribution in [1.29, 1.82) is 0 Å². The number of halogens is 1. The molecule has 1 unspecified atom stereocenters. The van der Waals surface area contributed by atoms with E-state index in [9.17, 15) is 0 Å². The predicted octanol–water partition coefficient (Wildman–Crippen LogP) is 2.29. The molecule has 0 aliphatic carbocycles. The lowest BCUT2D eigenvalue weighted by Crippen LogP contribution is -2.30. The third kappa shape index (κ3) is 3.84. The number of benzene rings is 1. The van der Waals surface area contributed by atoms with E-state index in [4.69, 9.17) is 27.9 Å². The Kier molecular flexibility index (Phi) is 5.17. The first kappa shape index (κ1) is 14.6. The van der Waals surface area contributed by atoms with E-state index in [2.05, 4.69) is 10.4 Å². The molecule has 2 rings (SSSR count). The van der Waals surface area contributed by atoms with Crippen molar-refractivity contribution in [2.45, 2.75) is 12.5 Å². The molecule has 0 aliphatic heterocycles. The zero-order valence-corrected chi connectivity index (χ0v) is 11.7. The molecule has 0 fully saturated rings. The first-order valence-corrected chi connectivity index (χ1v) is 6.63. The fraction of sp³-hybridized carbons (Fsp3) is 0.214. The van der Waals surface area contributed by atoms with E-state index in [0.717, 1.165) is 11.3 Å². The van der Waals surface area contributed by atoms with E-state index in [-0.39, 0.29) is 6.04 Å². The second-order valence-corrected chi connectivity index (χ2v) is 4.73. The van der Waals surface area contributed by atoms with Crippen LogP contribution in [0.1, 0.15) is 18.0 Å². The van der Waals surface area contributed by atoms with Crippen LogP contribution in [0.25, 0.3) is 0 Å². The number of aromatic nitrogens is 1. The molecule has 1 heterocycles. The van der Waals surface area contributed by atoms with Crippen molar-refractivity contribution in [3.8, 4) is 5.75 Å². The highest BCUT2D eigenvalue weighted by molar-refractivity contribution is 6.30. The molecule has 1 aromatic carbocycles. The summed E-state index contributed by atoms with van der Waals surface area (Å²) in [4.78, 5) is 4.02. The summed E-state index contributed by atoms with van der Waals surface area (Å²) < 4.78 is 5.64. The molecule has 0 saturated carbocycles. The van der Waals surface area contributed by atoms with Crippen molar-refractivity contribution in [3.63, 3.8) is 0 Å². The number of nitrogen functional groups attached to an aromatic ring is 1. The van der Waals surface area contributed by atoms with Gasteiger partial charge in [-0.3, -0.25) is 11.3 Å². The minimum Gasteiger partial charge on any atom is -0.494 e. The van der Waals surface area contributed by atoms with Gasteiger partial charge in [0.15, 0.2) is 0 Å². The van der Waals surface area contributed by atoms with Crippen LogP contribution in [0.4, 0.5) is 5.82 Å². The number of para-hydroxylation sites is 1. The molecule has 2 aromatic rings. The van der Waals surface area contributed by atoms with Gasteiger partial charge in [0.05, 0.1) is 17.7 Å². The van der Waals surface area contributed by atoms with Crippen molar-refractivity contribution < 1.29 is 4.74 Å². The van der Waals surface area contributed by atoms with E-state index in [0.29, 0.717) is 23.9 Å². The lowest BCUT2D eigenvalue weighted by atomic mass is 10.1. The van der Waals surface area contributed by atoms with Gasteiger partial charge in [-0.2, -0.15) is 0 Å². The molecular weight excluding hydrogens is 276 g/mol. The number of anilines is 1. The summed E-state index contributed by atoms with van der Waals surface area (Å²) in [7, 11) is 0. The number of hydrazine groups is 1. The summed E-state index contributed by atoms with van der Waals surface area (Å²) >= 11 is 5.93. The average molecular weight is 293 g/mol. The molecular formula is C14H17ClN4O. The first-order chi connectivity index (χ1) is 9.70. The van der Waals surface area contributed by atoms with E-state index >= 15 is 0 Å². The monoisotopic (exact) mass is 292 g/mol. The quantitative estimate of drug-likeness (QED) is 0.562. The first-order valence-electron chi connectivity index (χ1n) is 6.25. The molecule has 1 aromatic heterocycles. The minimum absolute atomic E-state index is 0.162. The summed E-state index contributed by atoms with van der Waals surface area (Å²) in [5.74, 6) is 6.81. The highest BCUT2D eigenvalue weighted by atomic mass is 35.5. The average Bonchev–Trinajstić information content (AvgIpc) is 2.48. The van der Waals surface area contributed by atoms with Gasteiger partial charge in [0, 0.05) is 18.2 Å². The van der Waals surface area contributed by atoms with Crippen LogP contribution >= 0.6 is 11.6 Å². The second-order valence-electron chi connectivity index (χ2n) is 4.30. The van der Waals surface area contributed by atoms with Crippen LogP contribution < -0.4 is 21.7 Å². The zero-order chi connectivity index (χ0) is 14.4. The van der Waals surface area contributed by atoms with Gasteiger partial charge in [0.25, 0.3) is 0 Å². The maximum absolute atomic E-state index is 5.93. The van der Waals surface area contributed by atoms with Gasteiger partial charge in [-0.25, -0.2) is 4.98 Å². The number of hydrogen-bond acceptors (Lipinski definition) is 5. The minimum atomic E-state index is -0.162. The van der Waals surface area contributed by atoms with Gasteiger partial charge < -0.3 is 10.5 Å². The van der Waals surface area contributed by atoms with E-state index < -0.39 is 0 Å². The summed E-state index contributed by atoms with van der Waals surface area (Å²) in [6.07, 6.45) is 2.16. The molecule has 5 nitrogen and oxygen atoms in total. The Balaban J connectivity index is 1.97. The van der Waals surface area contributed by atoms with E-state index in [1.54, 1.807) is 6.07 Å². The smallest absolute Gasteiger partial charge is 0.128 e. The number of nitrogens with two attached hydrogens (primary N) is 2. The Morgan fingerprint density at radius 1 is 1.30 bits per heavy atom. The van der Waals surface area contributed by atoms with Crippen LogP contribution in [0.5, 0.6) is 5.75 Å². The molecule has 6 heteroatoms. The normalized spacial score (nSPS) is 12.1. The lowest BCUT2D eigenvalue weighted by Gasteiger charge is -2.18.